The maximum atomic E-state index is 6.04. The molecule has 3 nitrogen and oxygen atoms in total. The fourth-order valence-electron chi connectivity index (χ4n) is 2.67. The first kappa shape index (κ1) is 15.1. The van der Waals surface area contributed by atoms with Crippen molar-refractivity contribution in [3.8, 4) is 0 Å². The zero-order chi connectivity index (χ0) is 13.8. The second-order valence-corrected chi connectivity index (χ2v) is 5.89. The Balaban J connectivity index is 2.05. The van der Waals surface area contributed by atoms with Crippen molar-refractivity contribution in [2.24, 2.45) is 5.73 Å². The summed E-state index contributed by atoms with van der Waals surface area (Å²) in [4.78, 5) is 2.39. The monoisotopic (exact) mass is 302 g/mol. The molecule has 0 spiro atoms. The van der Waals surface area contributed by atoms with Crippen LogP contribution in [-0.2, 0) is 11.3 Å². The second kappa shape index (κ2) is 6.91. The van der Waals surface area contributed by atoms with Crippen LogP contribution in [0.25, 0.3) is 0 Å². The molecule has 0 bridgehead atoms. The third-order valence-electron chi connectivity index (χ3n) is 3.70. The number of hydrogen-bond donors (Lipinski definition) is 1. The molecule has 1 heterocycles. The first-order valence-corrected chi connectivity index (χ1v) is 7.30. The fraction of sp³-hybridized carbons (Fsp3) is 0.571. The summed E-state index contributed by atoms with van der Waals surface area (Å²) in [6.45, 7) is 2.47. The SMILES string of the molecule is COC1CCN(Cc2cc(Cl)cc(Cl)c2)C(CN)C1. The summed E-state index contributed by atoms with van der Waals surface area (Å²) in [5, 5.41) is 1.36. The van der Waals surface area contributed by atoms with Gasteiger partial charge in [-0.15, -0.1) is 0 Å². The Kier molecular flexibility index (Phi) is 5.48. The highest BCUT2D eigenvalue weighted by Gasteiger charge is 2.27. The third kappa shape index (κ3) is 4.07. The maximum absolute atomic E-state index is 6.04. The van der Waals surface area contributed by atoms with Crippen molar-refractivity contribution in [2.45, 2.75) is 31.5 Å². The summed E-state index contributed by atoms with van der Waals surface area (Å²) >= 11 is 12.1. The van der Waals surface area contributed by atoms with E-state index in [-0.39, 0.29) is 0 Å². The number of piperidine rings is 1. The van der Waals surface area contributed by atoms with Crippen LogP contribution in [0.3, 0.4) is 0 Å². The molecule has 1 aromatic carbocycles. The number of nitrogens with two attached hydrogens (primary N) is 1. The number of rotatable bonds is 4. The Labute approximate surface area is 124 Å². The normalized spacial score (nSPS) is 24.6. The van der Waals surface area contributed by atoms with Gasteiger partial charge in [-0.1, -0.05) is 23.2 Å². The molecule has 1 aliphatic heterocycles. The highest BCUT2D eigenvalue weighted by Crippen LogP contribution is 2.24. The number of likely N-dealkylation sites (tertiary alicyclic amines) is 1. The molecule has 2 N–H and O–H groups in total. The van der Waals surface area contributed by atoms with Crippen molar-refractivity contribution in [3.05, 3.63) is 33.8 Å². The Hall–Kier alpha value is -0.320. The van der Waals surface area contributed by atoms with Crippen molar-refractivity contribution in [3.63, 3.8) is 0 Å². The fourth-order valence-corrected chi connectivity index (χ4v) is 3.24. The molecule has 0 aromatic heterocycles. The van der Waals surface area contributed by atoms with Crippen LogP contribution in [0, 0.1) is 0 Å². The van der Waals surface area contributed by atoms with Crippen LogP contribution in [0.2, 0.25) is 10.0 Å². The lowest BCUT2D eigenvalue weighted by molar-refractivity contribution is 0.0102. The number of hydrogen-bond acceptors (Lipinski definition) is 3. The molecule has 0 amide bonds. The summed E-state index contributed by atoms with van der Waals surface area (Å²) in [5.41, 5.74) is 7.01. The van der Waals surface area contributed by atoms with Crippen LogP contribution in [0.15, 0.2) is 18.2 Å². The molecule has 2 atom stereocenters. The topological polar surface area (TPSA) is 38.5 Å². The quantitative estimate of drug-likeness (QED) is 0.929. The predicted molar refractivity (Wildman–Crippen MR) is 79.7 cm³/mol. The lowest BCUT2D eigenvalue weighted by Gasteiger charge is -2.38. The first-order chi connectivity index (χ1) is 9.12. The highest BCUT2D eigenvalue weighted by atomic mass is 35.5. The minimum absolute atomic E-state index is 0.327. The molecule has 0 saturated carbocycles. The van der Waals surface area contributed by atoms with Gasteiger partial charge < -0.3 is 10.5 Å². The van der Waals surface area contributed by atoms with Gasteiger partial charge in [-0.2, -0.15) is 0 Å². The zero-order valence-electron chi connectivity index (χ0n) is 11.1. The zero-order valence-corrected chi connectivity index (χ0v) is 12.6. The van der Waals surface area contributed by atoms with Crippen molar-refractivity contribution < 1.29 is 4.74 Å². The summed E-state index contributed by atoms with van der Waals surface area (Å²) < 4.78 is 5.44. The van der Waals surface area contributed by atoms with E-state index in [2.05, 4.69) is 4.90 Å². The minimum Gasteiger partial charge on any atom is -0.381 e. The van der Waals surface area contributed by atoms with E-state index >= 15 is 0 Å². The van der Waals surface area contributed by atoms with Gasteiger partial charge in [-0.05, 0) is 36.6 Å². The van der Waals surface area contributed by atoms with Gasteiger partial charge in [0.1, 0.15) is 0 Å². The predicted octanol–water partition coefficient (Wildman–Crippen LogP) is 2.93. The second-order valence-electron chi connectivity index (χ2n) is 5.02. The molecule has 2 rings (SSSR count). The van der Waals surface area contributed by atoms with Gasteiger partial charge in [0.05, 0.1) is 6.10 Å². The molecule has 1 fully saturated rings. The Morgan fingerprint density at radius 3 is 2.58 bits per heavy atom. The van der Waals surface area contributed by atoms with Gasteiger partial charge in [0, 0.05) is 42.8 Å². The minimum atomic E-state index is 0.327. The van der Waals surface area contributed by atoms with Crippen molar-refractivity contribution >= 4 is 23.2 Å². The van der Waals surface area contributed by atoms with E-state index in [4.69, 9.17) is 33.7 Å². The van der Waals surface area contributed by atoms with Crippen LogP contribution in [0.5, 0.6) is 0 Å². The van der Waals surface area contributed by atoms with E-state index in [9.17, 15) is 0 Å². The molecule has 1 saturated heterocycles. The van der Waals surface area contributed by atoms with E-state index in [0.29, 0.717) is 28.7 Å². The molecule has 2 unspecified atom stereocenters. The van der Waals surface area contributed by atoms with E-state index in [1.54, 1.807) is 13.2 Å². The highest BCUT2D eigenvalue weighted by molar-refractivity contribution is 6.34. The Bertz CT molecular complexity index is 408. The van der Waals surface area contributed by atoms with E-state index in [1.165, 1.54) is 0 Å². The summed E-state index contributed by atoms with van der Waals surface area (Å²) in [5.74, 6) is 0. The molecular weight excluding hydrogens is 283 g/mol. The molecular formula is C14H20Cl2N2O. The number of nitrogens with zero attached hydrogens (tertiary/aromatic N) is 1. The molecule has 19 heavy (non-hydrogen) atoms. The Morgan fingerprint density at radius 1 is 1.32 bits per heavy atom. The summed E-state index contributed by atoms with van der Waals surface area (Å²) in [6, 6.07) is 6.04. The average molecular weight is 303 g/mol. The van der Waals surface area contributed by atoms with Crippen molar-refractivity contribution in [1.82, 2.24) is 4.90 Å². The van der Waals surface area contributed by atoms with Crippen LogP contribution in [0.4, 0.5) is 0 Å². The van der Waals surface area contributed by atoms with E-state index < -0.39 is 0 Å². The van der Waals surface area contributed by atoms with Crippen molar-refractivity contribution in [2.75, 3.05) is 20.2 Å². The van der Waals surface area contributed by atoms with Crippen LogP contribution < -0.4 is 5.73 Å². The standard InChI is InChI=1S/C14H20Cl2N2O/c1-19-14-2-3-18(13(7-14)8-17)9-10-4-11(15)6-12(16)5-10/h4-6,13-14H,2-3,7-9,17H2,1H3. The summed E-state index contributed by atoms with van der Waals surface area (Å²) in [6.07, 6.45) is 2.36. The maximum Gasteiger partial charge on any atom is 0.0599 e. The lowest BCUT2D eigenvalue weighted by Crippen LogP contribution is -2.47. The van der Waals surface area contributed by atoms with Gasteiger partial charge in [0.15, 0.2) is 0 Å². The number of halogens is 2. The number of methoxy groups -OCH3 is 1. The lowest BCUT2D eigenvalue weighted by atomic mass is 9.98. The van der Waals surface area contributed by atoms with Crippen LogP contribution in [0.1, 0.15) is 18.4 Å². The molecule has 0 aliphatic carbocycles. The van der Waals surface area contributed by atoms with E-state index in [1.807, 2.05) is 12.1 Å². The largest absolute Gasteiger partial charge is 0.381 e. The number of ether oxygens (including phenoxy) is 1. The Morgan fingerprint density at radius 2 is 2.00 bits per heavy atom. The molecule has 106 valence electrons. The summed E-state index contributed by atoms with van der Waals surface area (Å²) in [7, 11) is 1.77. The van der Waals surface area contributed by atoms with Gasteiger partial charge in [0.25, 0.3) is 0 Å². The first-order valence-electron chi connectivity index (χ1n) is 6.54. The van der Waals surface area contributed by atoms with Crippen LogP contribution >= 0.6 is 23.2 Å². The van der Waals surface area contributed by atoms with Gasteiger partial charge >= 0.3 is 0 Å². The van der Waals surface area contributed by atoms with Gasteiger partial charge in [0.2, 0.25) is 0 Å². The molecule has 0 radical (unpaired) electrons. The average Bonchev–Trinajstić information content (AvgIpc) is 2.38. The third-order valence-corrected chi connectivity index (χ3v) is 4.14. The molecule has 1 aromatic rings. The molecule has 1 aliphatic rings. The van der Waals surface area contributed by atoms with Gasteiger partial charge in [-0.25, -0.2) is 0 Å². The van der Waals surface area contributed by atoms with Crippen LogP contribution in [-0.4, -0.2) is 37.2 Å². The van der Waals surface area contributed by atoms with Gasteiger partial charge in [-0.3, -0.25) is 4.90 Å². The number of benzene rings is 1. The van der Waals surface area contributed by atoms with E-state index in [0.717, 1.165) is 31.5 Å². The van der Waals surface area contributed by atoms with Crippen molar-refractivity contribution in [1.29, 1.82) is 0 Å². The smallest absolute Gasteiger partial charge is 0.0599 e. The molecule has 5 heteroatoms.